The Morgan fingerprint density at radius 1 is 1.47 bits per heavy atom. The number of carbonyl (C=O) groups is 2. The molecule has 0 aromatic heterocycles. The smallest absolute Gasteiger partial charge is 0.308 e. The van der Waals surface area contributed by atoms with Crippen molar-refractivity contribution in [2.45, 2.75) is 12.5 Å². The summed E-state index contributed by atoms with van der Waals surface area (Å²) in [7, 11) is 4.82. The van der Waals surface area contributed by atoms with Gasteiger partial charge in [0.2, 0.25) is 5.91 Å². The maximum absolute atomic E-state index is 11.5. The molecule has 6 nitrogen and oxygen atoms in total. The van der Waals surface area contributed by atoms with E-state index in [1.165, 1.54) is 7.11 Å². The quantitative estimate of drug-likeness (QED) is 0.614. The Hall–Kier alpha value is -1.14. The summed E-state index contributed by atoms with van der Waals surface area (Å²) in [5.41, 5.74) is 0. The molecule has 17 heavy (non-hydrogen) atoms. The van der Waals surface area contributed by atoms with Gasteiger partial charge in [-0.15, -0.1) is 0 Å². The Kier molecular flexibility index (Phi) is 5.37. The normalized spacial score (nSPS) is 21.0. The molecule has 1 aliphatic heterocycles. The number of methoxy groups -OCH3 is 1. The van der Waals surface area contributed by atoms with Gasteiger partial charge in [0, 0.05) is 27.2 Å². The zero-order valence-corrected chi connectivity index (χ0v) is 10.6. The van der Waals surface area contributed by atoms with Crippen LogP contribution < -0.4 is 0 Å². The van der Waals surface area contributed by atoms with Crippen LogP contribution in [0.25, 0.3) is 0 Å². The van der Waals surface area contributed by atoms with Crippen LogP contribution in [0.4, 0.5) is 0 Å². The van der Waals surface area contributed by atoms with Gasteiger partial charge in [-0.05, 0) is 0 Å². The average molecular weight is 244 g/mol. The maximum Gasteiger partial charge on any atom is 0.308 e. The van der Waals surface area contributed by atoms with Crippen LogP contribution in [0.2, 0.25) is 0 Å². The molecule has 1 heterocycles. The molecule has 0 saturated carbocycles. The Bertz CT molecular complexity index is 281. The van der Waals surface area contributed by atoms with Gasteiger partial charge in [0.1, 0.15) is 0 Å². The molecule has 0 spiro atoms. The molecular weight excluding hydrogens is 224 g/mol. The van der Waals surface area contributed by atoms with E-state index >= 15 is 0 Å². The molecule has 98 valence electrons. The number of morpholine rings is 1. The summed E-state index contributed by atoms with van der Waals surface area (Å²) in [6, 6.07) is 0. The van der Waals surface area contributed by atoms with Crippen molar-refractivity contribution in [1.82, 2.24) is 9.80 Å². The molecule has 0 bridgehead atoms. The number of rotatable bonds is 4. The van der Waals surface area contributed by atoms with Crippen molar-refractivity contribution >= 4 is 11.9 Å². The molecule has 1 amide bonds. The minimum atomic E-state index is -0.282. The van der Waals surface area contributed by atoms with Gasteiger partial charge in [-0.25, -0.2) is 0 Å². The number of ether oxygens (including phenoxy) is 2. The largest absolute Gasteiger partial charge is 0.469 e. The van der Waals surface area contributed by atoms with Gasteiger partial charge >= 0.3 is 5.97 Å². The number of hydrogen-bond acceptors (Lipinski definition) is 5. The van der Waals surface area contributed by atoms with Gasteiger partial charge in [-0.1, -0.05) is 0 Å². The lowest BCUT2D eigenvalue weighted by molar-refractivity contribution is -0.146. The van der Waals surface area contributed by atoms with E-state index in [0.29, 0.717) is 19.7 Å². The summed E-state index contributed by atoms with van der Waals surface area (Å²) in [6.45, 7) is 2.22. The standard InChI is InChI=1S/C11H20N2O4/c1-12(2)10(14)8-13-4-5-17-9(7-13)6-11(15)16-3/h9H,4-8H2,1-3H3. The zero-order valence-electron chi connectivity index (χ0n) is 10.6. The predicted molar refractivity (Wildman–Crippen MR) is 61.5 cm³/mol. The van der Waals surface area contributed by atoms with E-state index < -0.39 is 0 Å². The second-order valence-corrected chi connectivity index (χ2v) is 4.30. The Morgan fingerprint density at radius 2 is 2.18 bits per heavy atom. The van der Waals surface area contributed by atoms with Crippen LogP contribution in [0.1, 0.15) is 6.42 Å². The summed E-state index contributed by atoms with van der Waals surface area (Å²) >= 11 is 0. The van der Waals surface area contributed by atoms with E-state index in [2.05, 4.69) is 4.74 Å². The van der Waals surface area contributed by atoms with Crippen LogP contribution in [-0.4, -0.2) is 75.2 Å². The maximum atomic E-state index is 11.5. The molecule has 0 aliphatic carbocycles. The summed E-state index contributed by atoms with van der Waals surface area (Å²) in [5.74, 6) is -0.223. The molecular formula is C11H20N2O4. The topological polar surface area (TPSA) is 59.1 Å². The van der Waals surface area contributed by atoms with Crippen molar-refractivity contribution in [3.63, 3.8) is 0 Å². The fourth-order valence-electron chi connectivity index (χ4n) is 1.65. The summed E-state index contributed by atoms with van der Waals surface area (Å²) in [4.78, 5) is 26.2. The molecule has 1 unspecified atom stereocenters. The number of nitrogens with zero attached hydrogens (tertiary/aromatic N) is 2. The van der Waals surface area contributed by atoms with Crippen LogP contribution in [0.5, 0.6) is 0 Å². The predicted octanol–water partition coefficient (Wildman–Crippen LogP) is -0.661. The minimum Gasteiger partial charge on any atom is -0.469 e. The number of likely N-dealkylation sites (N-methyl/N-ethyl adjacent to an activating group) is 1. The highest BCUT2D eigenvalue weighted by atomic mass is 16.5. The van der Waals surface area contributed by atoms with Crippen molar-refractivity contribution in [3.8, 4) is 0 Å². The molecule has 1 rings (SSSR count). The first kappa shape index (κ1) is 13.9. The SMILES string of the molecule is COC(=O)CC1CN(CC(=O)N(C)C)CCO1. The van der Waals surface area contributed by atoms with Gasteiger partial charge in [0.15, 0.2) is 0 Å². The van der Waals surface area contributed by atoms with Crippen molar-refractivity contribution in [2.75, 3.05) is 47.4 Å². The summed E-state index contributed by atoms with van der Waals surface area (Å²) in [5, 5.41) is 0. The molecule has 6 heteroatoms. The number of amides is 1. The lowest BCUT2D eigenvalue weighted by Crippen LogP contribution is -2.47. The number of carbonyl (C=O) groups excluding carboxylic acids is 2. The van der Waals surface area contributed by atoms with Crippen LogP contribution in [0, 0.1) is 0 Å². The molecule has 1 aliphatic rings. The van der Waals surface area contributed by atoms with E-state index in [9.17, 15) is 9.59 Å². The highest BCUT2D eigenvalue weighted by molar-refractivity contribution is 5.77. The number of hydrogen-bond donors (Lipinski definition) is 0. The highest BCUT2D eigenvalue weighted by Gasteiger charge is 2.24. The van der Waals surface area contributed by atoms with Crippen LogP contribution in [0.3, 0.4) is 0 Å². The fourth-order valence-corrected chi connectivity index (χ4v) is 1.65. The van der Waals surface area contributed by atoms with Gasteiger partial charge in [0.25, 0.3) is 0 Å². The van der Waals surface area contributed by atoms with E-state index in [4.69, 9.17) is 4.74 Å². The highest BCUT2D eigenvalue weighted by Crippen LogP contribution is 2.09. The van der Waals surface area contributed by atoms with Crippen molar-refractivity contribution in [3.05, 3.63) is 0 Å². The molecule has 0 radical (unpaired) electrons. The van der Waals surface area contributed by atoms with Gasteiger partial charge in [-0.3, -0.25) is 14.5 Å². The third kappa shape index (κ3) is 4.70. The van der Waals surface area contributed by atoms with Gasteiger partial charge in [0.05, 0.1) is 32.8 Å². The van der Waals surface area contributed by atoms with E-state index in [1.807, 2.05) is 4.90 Å². The molecule has 1 saturated heterocycles. The van der Waals surface area contributed by atoms with Crippen LogP contribution in [0.15, 0.2) is 0 Å². The van der Waals surface area contributed by atoms with Crippen LogP contribution >= 0.6 is 0 Å². The Morgan fingerprint density at radius 3 is 2.76 bits per heavy atom. The molecule has 1 fully saturated rings. The third-order valence-corrected chi connectivity index (χ3v) is 2.70. The average Bonchev–Trinajstić information content (AvgIpc) is 2.29. The van der Waals surface area contributed by atoms with E-state index in [0.717, 1.165) is 6.54 Å². The molecule has 0 N–H and O–H groups in total. The minimum absolute atomic E-state index is 0.0590. The third-order valence-electron chi connectivity index (χ3n) is 2.70. The first-order chi connectivity index (χ1) is 8.02. The first-order valence-corrected chi connectivity index (χ1v) is 5.64. The van der Waals surface area contributed by atoms with Crippen molar-refractivity contribution < 1.29 is 19.1 Å². The lowest BCUT2D eigenvalue weighted by atomic mass is 10.2. The van der Waals surface area contributed by atoms with Gasteiger partial charge < -0.3 is 14.4 Å². The molecule has 1 atom stereocenters. The van der Waals surface area contributed by atoms with Crippen LogP contribution in [-0.2, 0) is 19.1 Å². The van der Waals surface area contributed by atoms with Crippen molar-refractivity contribution in [1.29, 1.82) is 0 Å². The summed E-state index contributed by atoms with van der Waals surface area (Å²) in [6.07, 6.45) is 0.0644. The lowest BCUT2D eigenvalue weighted by Gasteiger charge is -2.32. The molecule has 0 aromatic rings. The van der Waals surface area contributed by atoms with Crippen molar-refractivity contribution in [2.24, 2.45) is 0 Å². The Labute approximate surface area is 101 Å². The zero-order chi connectivity index (χ0) is 12.8. The second kappa shape index (κ2) is 6.56. The number of esters is 1. The van der Waals surface area contributed by atoms with E-state index in [1.54, 1.807) is 19.0 Å². The Balaban J connectivity index is 2.38. The molecule has 0 aromatic carbocycles. The monoisotopic (exact) mass is 244 g/mol. The van der Waals surface area contributed by atoms with E-state index in [-0.39, 0.29) is 24.4 Å². The second-order valence-electron chi connectivity index (χ2n) is 4.30. The summed E-state index contributed by atoms with van der Waals surface area (Å²) < 4.78 is 10.1. The first-order valence-electron chi connectivity index (χ1n) is 5.64. The van der Waals surface area contributed by atoms with Gasteiger partial charge in [-0.2, -0.15) is 0 Å². The fraction of sp³-hybridized carbons (Fsp3) is 0.818.